The molecule has 1 aliphatic heterocycles. The number of carbonyl (C=O) groups is 1. The topological polar surface area (TPSA) is 85.6 Å². The second kappa shape index (κ2) is 7.03. The fourth-order valence-corrected chi connectivity index (χ4v) is 3.21. The maximum atomic E-state index is 12.5. The Kier molecular flexibility index (Phi) is 4.43. The van der Waals surface area contributed by atoms with E-state index in [2.05, 4.69) is 37.0 Å². The van der Waals surface area contributed by atoms with Crippen molar-refractivity contribution < 1.29 is 4.79 Å². The number of rotatable bonds is 4. The summed E-state index contributed by atoms with van der Waals surface area (Å²) in [5.74, 6) is 2.43. The van der Waals surface area contributed by atoms with Gasteiger partial charge in [-0.05, 0) is 6.42 Å². The minimum atomic E-state index is -0.149. The number of hydrogen-bond donors (Lipinski definition) is 1. The highest BCUT2D eigenvalue weighted by molar-refractivity contribution is 5.93. The summed E-state index contributed by atoms with van der Waals surface area (Å²) < 4.78 is 2.11. The van der Waals surface area contributed by atoms with Gasteiger partial charge in [-0.25, -0.2) is 9.97 Å². The third-order valence-corrected chi connectivity index (χ3v) is 4.62. The molecule has 0 saturated heterocycles. The van der Waals surface area contributed by atoms with Crippen LogP contribution in [0.2, 0.25) is 0 Å². The van der Waals surface area contributed by atoms with Crippen LogP contribution in [0.3, 0.4) is 0 Å². The molecule has 3 aromatic rings. The number of benzene rings is 1. The van der Waals surface area contributed by atoms with Crippen molar-refractivity contribution in [3.63, 3.8) is 0 Å². The molecule has 1 N–H and O–H groups in total. The first-order valence-corrected chi connectivity index (χ1v) is 8.84. The van der Waals surface area contributed by atoms with E-state index < -0.39 is 0 Å². The van der Waals surface area contributed by atoms with E-state index in [-0.39, 0.29) is 11.9 Å². The van der Waals surface area contributed by atoms with Gasteiger partial charge in [-0.3, -0.25) is 4.79 Å². The second-order valence-corrected chi connectivity index (χ2v) is 6.37. The Morgan fingerprint density at radius 3 is 2.69 bits per heavy atom. The Hall–Kier alpha value is -3.09. The van der Waals surface area contributed by atoms with Crippen LogP contribution >= 0.6 is 0 Å². The van der Waals surface area contributed by atoms with Crippen LogP contribution in [0.4, 0.5) is 0 Å². The van der Waals surface area contributed by atoms with Crippen molar-refractivity contribution in [1.29, 1.82) is 0 Å². The van der Waals surface area contributed by atoms with Gasteiger partial charge in [0.2, 0.25) is 0 Å². The first-order chi connectivity index (χ1) is 12.7. The van der Waals surface area contributed by atoms with Crippen molar-refractivity contribution in [3.05, 3.63) is 59.9 Å². The van der Waals surface area contributed by atoms with Gasteiger partial charge in [0.05, 0.1) is 5.56 Å². The summed E-state index contributed by atoms with van der Waals surface area (Å²) in [7, 11) is 0. The molecule has 26 heavy (non-hydrogen) atoms. The maximum absolute atomic E-state index is 12.5. The molecule has 0 bridgehead atoms. The summed E-state index contributed by atoms with van der Waals surface area (Å²) >= 11 is 0. The molecule has 132 valence electrons. The van der Waals surface area contributed by atoms with Crippen molar-refractivity contribution in [1.82, 2.24) is 30.0 Å². The van der Waals surface area contributed by atoms with Crippen LogP contribution in [0, 0.1) is 0 Å². The molecule has 0 spiro atoms. The first kappa shape index (κ1) is 16.4. The van der Waals surface area contributed by atoms with Crippen molar-refractivity contribution in [2.75, 3.05) is 0 Å². The fraction of sp³-hybridized carbons (Fsp3) is 0.316. The molecular weight excluding hydrogens is 328 g/mol. The molecule has 0 fully saturated rings. The van der Waals surface area contributed by atoms with E-state index in [1.54, 1.807) is 12.4 Å². The van der Waals surface area contributed by atoms with E-state index in [1.807, 2.05) is 30.3 Å². The molecule has 7 heteroatoms. The molecular formula is C19H20N6O. The van der Waals surface area contributed by atoms with Crippen LogP contribution in [0.15, 0.2) is 42.7 Å². The largest absolute Gasteiger partial charge is 0.347 e. The van der Waals surface area contributed by atoms with Crippen LogP contribution in [0.25, 0.3) is 11.4 Å². The van der Waals surface area contributed by atoms with Crippen molar-refractivity contribution in [3.8, 4) is 11.4 Å². The summed E-state index contributed by atoms with van der Waals surface area (Å²) in [4.78, 5) is 21.2. The maximum Gasteiger partial charge on any atom is 0.254 e. The van der Waals surface area contributed by atoms with Crippen LogP contribution in [-0.2, 0) is 19.4 Å². The minimum Gasteiger partial charge on any atom is -0.347 e. The van der Waals surface area contributed by atoms with Crippen LogP contribution in [0.5, 0.6) is 0 Å². The molecule has 1 aromatic carbocycles. The normalized spacial score (nSPS) is 16.1. The van der Waals surface area contributed by atoms with Gasteiger partial charge in [-0.1, -0.05) is 37.3 Å². The van der Waals surface area contributed by atoms with Gasteiger partial charge in [0.15, 0.2) is 5.82 Å². The third-order valence-electron chi connectivity index (χ3n) is 4.62. The van der Waals surface area contributed by atoms with Gasteiger partial charge < -0.3 is 9.88 Å². The van der Waals surface area contributed by atoms with Gasteiger partial charge in [-0.15, -0.1) is 10.2 Å². The van der Waals surface area contributed by atoms with Crippen LogP contribution < -0.4 is 5.32 Å². The van der Waals surface area contributed by atoms with E-state index >= 15 is 0 Å². The molecule has 0 aliphatic carbocycles. The van der Waals surface area contributed by atoms with E-state index in [0.717, 1.165) is 36.5 Å². The zero-order valence-corrected chi connectivity index (χ0v) is 14.6. The summed E-state index contributed by atoms with van der Waals surface area (Å²) in [6.45, 7) is 2.77. The number of amides is 1. The average molecular weight is 348 g/mol. The Morgan fingerprint density at radius 1 is 1.19 bits per heavy atom. The number of aryl methyl sites for hydroxylation is 2. The van der Waals surface area contributed by atoms with Gasteiger partial charge in [0.1, 0.15) is 11.6 Å². The summed E-state index contributed by atoms with van der Waals surface area (Å²) in [6, 6.07) is 9.77. The summed E-state index contributed by atoms with van der Waals surface area (Å²) in [5, 5.41) is 11.5. The molecule has 7 nitrogen and oxygen atoms in total. The highest BCUT2D eigenvalue weighted by Gasteiger charge is 2.24. The number of fused-ring (bicyclic) bond motifs is 1. The smallest absolute Gasteiger partial charge is 0.254 e. The first-order valence-electron chi connectivity index (χ1n) is 8.84. The standard InChI is InChI=1S/C19H20N6O/c1-2-16-23-24-17-9-8-15(12-25(16)17)22-19(26)14-10-20-18(21-11-14)13-6-4-3-5-7-13/h3-7,10-11,15H,2,8-9,12H2,1H3,(H,22,26)/t15-/m0/s1. The Morgan fingerprint density at radius 2 is 1.96 bits per heavy atom. The highest BCUT2D eigenvalue weighted by Crippen LogP contribution is 2.17. The molecule has 4 rings (SSSR count). The monoisotopic (exact) mass is 348 g/mol. The number of nitrogens with zero attached hydrogens (tertiary/aromatic N) is 5. The molecule has 3 heterocycles. The second-order valence-electron chi connectivity index (χ2n) is 6.37. The van der Waals surface area contributed by atoms with E-state index in [4.69, 9.17) is 0 Å². The number of nitrogens with one attached hydrogen (secondary N) is 1. The SMILES string of the molecule is CCc1nnc2n1C[C@@H](NC(=O)c1cnc(-c3ccccc3)nc1)CC2. The van der Waals surface area contributed by atoms with Gasteiger partial charge in [0, 0.05) is 43.4 Å². The predicted molar refractivity (Wildman–Crippen MR) is 96.4 cm³/mol. The van der Waals surface area contributed by atoms with Crippen molar-refractivity contribution >= 4 is 5.91 Å². The number of hydrogen-bond acceptors (Lipinski definition) is 5. The fourth-order valence-electron chi connectivity index (χ4n) is 3.21. The summed E-state index contributed by atoms with van der Waals surface area (Å²) in [6.07, 6.45) is 5.67. The quantitative estimate of drug-likeness (QED) is 0.780. The van der Waals surface area contributed by atoms with Gasteiger partial charge in [0.25, 0.3) is 5.91 Å². The van der Waals surface area contributed by atoms with Crippen LogP contribution in [-0.4, -0.2) is 36.7 Å². The van der Waals surface area contributed by atoms with Gasteiger partial charge >= 0.3 is 0 Å². The number of carbonyl (C=O) groups excluding carboxylic acids is 1. The molecule has 1 aliphatic rings. The zero-order valence-electron chi connectivity index (χ0n) is 14.6. The Labute approximate surface area is 151 Å². The lowest BCUT2D eigenvalue weighted by molar-refractivity contribution is 0.0926. The Balaban J connectivity index is 1.44. The van der Waals surface area contributed by atoms with E-state index in [1.165, 1.54) is 0 Å². The Bertz CT molecular complexity index is 890. The molecule has 2 aromatic heterocycles. The lowest BCUT2D eigenvalue weighted by Gasteiger charge is -2.25. The molecule has 1 amide bonds. The van der Waals surface area contributed by atoms with Gasteiger partial charge in [-0.2, -0.15) is 0 Å². The number of aromatic nitrogens is 5. The molecule has 0 saturated carbocycles. The lowest BCUT2D eigenvalue weighted by Crippen LogP contribution is -2.41. The summed E-state index contributed by atoms with van der Waals surface area (Å²) in [5.41, 5.74) is 1.40. The predicted octanol–water partition coefficient (Wildman–Crippen LogP) is 2.04. The van der Waals surface area contributed by atoms with E-state index in [9.17, 15) is 4.79 Å². The molecule has 0 radical (unpaired) electrons. The van der Waals surface area contributed by atoms with Crippen molar-refractivity contribution in [2.45, 2.75) is 38.8 Å². The molecule has 1 atom stereocenters. The minimum absolute atomic E-state index is 0.0603. The van der Waals surface area contributed by atoms with Crippen molar-refractivity contribution in [2.24, 2.45) is 0 Å². The third kappa shape index (κ3) is 3.20. The average Bonchev–Trinajstić information content (AvgIpc) is 3.11. The lowest BCUT2D eigenvalue weighted by atomic mass is 10.1. The highest BCUT2D eigenvalue weighted by atomic mass is 16.1. The molecule has 0 unspecified atom stereocenters. The van der Waals surface area contributed by atoms with Crippen LogP contribution in [0.1, 0.15) is 35.4 Å². The zero-order chi connectivity index (χ0) is 17.9. The van der Waals surface area contributed by atoms with E-state index in [0.29, 0.717) is 17.9 Å².